The zero-order chi connectivity index (χ0) is 21.5. The van der Waals surface area contributed by atoms with Gasteiger partial charge in [0.05, 0.1) is 11.9 Å². The Morgan fingerprint density at radius 3 is 2.33 bits per heavy atom. The van der Waals surface area contributed by atoms with Crippen LogP contribution >= 0.6 is 37.2 Å². The molecule has 0 radical (unpaired) electrons. The number of pyridine rings is 1. The van der Waals surface area contributed by atoms with Gasteiger partial charge in [-0.25, -0.2) is 15.0 Å². The molecule has 184 valence electrons. The fraction of sp³-hybridized carbons (Fsp3) is 0.381. The molecule has 2 heterocycles. The minimum atomic E-state index is -0.769. The standard InChI is InChI=1S/C21H26FN5O3.3ClH/c1-15(28)26-8-10-27(11-9-26)19-7-6-18(24-13-19)5-4-17-3-2-16(12-20(17)22)14-30-21(29)25-23;;;/h2-3,6-7,12-13H,4-5,8-11,14,23H2,1H3,(H,25,29);3*1H. The molecule has 0 atom stereocenters. The first kappa shape index (κ1) is 30.7. The van der Waals surface area contributed by atoms with Crippen molar-refractivity contribution in [3.05, 3.63) is 59.2 Å². The summed E-state index contributed by atoms with van der Waals surface area (Å²) in [6.07, 6.45) is 2.19. The molecule has 1 aromatic heterocycles. The third-order valence-electron chi connectivity index (χ3n) is 5.16. The van der Waals surface area contributed by atoms with Gasteiger partial charge in [-0.3, -0.25) is 15.2 Å². The summed E-state index contributed by atoms with van der Waals surface area (Å²) in [4.78, 5) is 31.0. The van der Waals surface area contributed by atoms with Crippen molar-refractivity contribution in [2.45, 2.75) is 26.4 Å². The number of piperazine rings is 1. The first-order valence-corrected chi connectivity index (χ1v) is 9.82. The third kappa shape index (κ3) is 8.85. The zero-order valence-electron chi connectivity index (χ0n) is 18.2. The topological polar surface area (TPSA) is 101 Å². The number of halogens is 4. The number of hydrazine groups is 1. The summed E-state index contributed by atoms with van der Waals surface area (Å²) in [7, 11) is 0. The lowest BCUT2D eigenvalue weighted by Crippen LogP contribution is -2.48. The average molecular weight is 525 g/mol. The predicted molar refractivity (Wildman–Crippen MR) is 132 cm³/mol. The van der Waals surface area contributed by atoms with Crippen LogP contribution in [0.25, 0.3) is 0 Å². The Morgan fingerprint density at radius 1 is 1.09 bits per heavy atom. The lowest BCUT2D eigenvalue weighted by atomic mass is 10.0. The summed E-state index contributed by atoms with van der Waals surface area (Å²) in [5.41, 5.74) is 4.88. The van der Waals surface area contributed by atoms with Crippen molar-refractivity contribution in [1.29, 1.82) is 0 Å². The highest BCUT2D eigenvalue weighted by Crippen LogP contribution is 2.18. The first-order chi connectivity index (χ1) is 14.5. The van der Waals surface area contributed by atoms with Gasteiger partial charge >= 0.3 is 6.09 Å². The Kier molecular flexibility index (Phi) is 13.7. The Balaban J connectivity index is 0.00000341. The fourth-order valence-corrected chi connectivity index (χ4v) is 3.37. The second-order valence-corrected chi connectivity index (χ2v) is 7.15. The van der Waals surface area contributed by atoms with E-state index in [4.69, 9.17) is 10.6 Å². The van der Waals surface area contributed by atoms with E-state index in [1.165, 1.54) is 6.07 Å². The molecule has 8 nitrogen and oxygen atoms in total. The number of nitrogens with zero attached hydrogens (tertiary/aromatic N) is 3. The normalized spacial score (nSPS) is 12.6. The van der Waals surface area contributed by atoms with Crippen molar-refractivity contribution < 1.29 is 18.7 Å². The summed E-state index contributed by atoms with van der Waals surface area (Å²) >= 11 is 0. The van der Waals surface area contributed by atoms with Crippen LogP contribution in [-0.4, -0.2) is 48.1 Å². The molecule has 0 aliphatic carbocycles. The van der Waals surface area contributed by atoms with Crippen LogP contribution in [0, 0.1) is 5.82 Å². The molecule has 0 spiro atoms. The van der Waals surface area contributed by atoms with Crippen LogP contribution in [0.5, 0.6) is 0 Å². The number of hydrogen-bond donors (Lipinski definition) is 2. The molecule has 3 rings (SSSR count). The molecule has 0 saturated carbocycles. The maximum absolute atomic E-state index is 14.3. The third-order valence-corrected chi connectivity index (χ3v) is 5.16. The van der Waals surface area contributed by atoms with E-state index in [0.29, 0.717) is 37.1 Å². The second-order valence-electron chi connectivity index (χ2n) is 7.15. The lowest BCUT2D eigenvalue weighted by molar-refractivity contribution is -0.129. The van der Waals surface area contributed by atoms with Gasteiger partial charge in [0.2, 0.25) is 5.91 Å². The van der Waals surface area contributed by atoms with Crippen molar-refractivity contribution in [3.8, 4) is 0 Å². The number of amides is 2. The molecule has 12 heteroatoms. The molecule has 1 aliphatic rings. The number of nitrogens with two attached hydrogens (primary N) is 1. The second kappa shape index (κ2) is 14.7. The summed E-state index contributed by atoms with van der Waals surface area (Å²) in [6, 6.07) is 8.75. The number of hydrogen-bond acceptors (Lipinski definition) is 6. The summed E-state index contributed by atoms with van der Waals surface area (Å²) < 4.78 is 19.1. The van der Waals surface area contributed by atoms with Crippen molar-refractivity contribution in [1.82, 2.24) is 15.3 Å². The Bertz CT molecular complexity index is 897. The van der Waals surface area contributed by atoms with E-state index in [1.807, 2.05) is 28.7 Å². The molecule has 1 saturated heterocycles. The molecule has 1 aliphatic heterocycles. The molecule has 2 aromatic rings. The van der Waals surface area contributed by atoms with Gasteiger partial charge in [0.25, 0.3) is 0 Å². The Hall–Kier alpha value is -2.33. The number of ether oxygens (including phenoxy) is 1. The summed E-state index contributed by atoms with van der Waals surface area (Å²) in [5.74, 6) is 4.70. The lowest BCUT2D eigenvalue weighted by Gasteiger charge is -2.35. The molecule has 1 aromatic carbocycles. The number of nitrogens with one attached hydrogen (secondary N) is 1. The van der Waals surface area contributed by atoms with Gasteiger partial charge in [0.15, 0.2) is 0 Å². The minimum absolute atomic E-state index is 0. The molecule has 2 amide bonds. The molecular formula is C21H29Cl3FN5O3. The van der Waals surface area contributed by atoms with E-state index < -0.39 is 6.09 Å². The van der Waals surface area contributed by atoms with Gasteiger partial charge in [-0.15, -0.1) is 37.2 Å². The van der Waals surface area contributed by atoms with Crippen LogP contribution in [0.1, 0.15) is 23.7 Å². The van der Waals surface area contributed by atoms with E-state index in [9.17, 15) is 14.0 Å². The van der Waals surface area contributed by atoms with Gasteiger partial charge in [0.1, 0.15) is 12.4 Å². The monoisotopic (exact) mass is 523 g/mol. The highest BCUT2D eigenvalue weighted by Gasteiger charge is 2.18. The van der Waals surface area contributed by atoms with Gasteiger partial charge in [0, 0.05) is 38.8 Å². The van der Waals surface area contributed by atoms with E-state index in [1.54, 1.807) is 19.1 Å². The predicted octanol–water partition coefficient (Wildman–Crippen LogP) is 3.04. The molecule has 1 fully saturated rings. The van der Waals surface area contributed by atoms with Crippen LogP contribution in [0.15, 0.2) is 36.5 Å². The largest absolute Gasteiger partial charge is 0.444 e. The van der Waals surface area contributed by atoms with Gasteiger partial charge in [-0.05, 0) is 42.2 Å². The quantitative estimate of drug-likeness (QED) is 0.342. The van der Waals surface area contributed by atoms with Crippen molar-refractivity contribution in [2.75, 3.05) is 31.1 Å². The number of anilines is 1. The van der Waals surface area contributed by atoms with Crippen LogP contribution in [0.4, 0.5) is 14.9 Å². The van der Waals surface area contributed by atoms with Crippen molar-refractivity contribution >= 4 is 54.9 Å². The minimum Gasteiger partial charge on any atom is -0.444 e. The van der Waals surface area contributed by atoms with Crippen LogP contribution < -0.4 is 16.2 Å². The summed E-state index contributed by atoms with van der Waals surface area (Å²) in [6.45, 7) is 4.55. The molecule has 33 heavy (non-hydrogen) atoms. The fourth-order valence-electron chi connectivity index (χ4n) is 3.37. The Morgan fingerprint density at radius 2 is 1.79 bits per heavy atom. The highest BCUT2D eigenvalue weighted by molar-refractivity contribution is 5.86. The van der Waals surface area contributed by atoms with Crippen molar-refractivity contribution in [2.24, 2.45) is 5.84 Å². The van der Waals surface area contributed by atoms with E-state index >= 15 is 0 Å². The molecule has 3 N–H and O–H groups in total. The van der Waals surface area contributed by atoms with Gasteiger partial charge in [-0.2, -0.15) is 0 Å². The van der Waals surface area contributed by atoms with Crippen LogP contribution in [-0.2, 0) is 29.0 Å². The van der Waals surface area contributed by atoms with Gasteiger partial charge in [-0.1, -0.05) is 12.1 Å². The number of aromatic nitrogens is 1. The highest BCUT2D eigenvalue weighted by atomic mass is 35.5. The SMILES string of the molecule is CC(=O)N1CCN(c2ccc(CCc3ccc(COC(=O)NN)cc3F)nc2)CC1.Cl.Cl.Cl. The molecule has 0 bridgehead atoms. The first-order valence-electron chi connectivity index (χ1n) is 9.82. The van der Waals surface area contributed by atoms with E-state index in [0.717, 1.165) is 24.5 Å². The van der Waals surface area contributed by atoms with E-state index in [-0.39, 0.29) is 55.6 Å². The number of carbonyl (C=O) groups is 2. The zero-order valence-corrected chi connectivity index (χ0v) is 20.6. The molecular weight excluding hydrogens is 496 g/mol. The Labute approximate surface area is 211 Å². The smallest absolute Gasteiger partial charge is 0.421 e. The maximum Gasteiger partial charge on any atom is 0.421 e. The number of rotatable bonds is 6. The average Bonchev–Trinajstić information content (AvgIpc) is 2.77. The number of aryl methyl sites for hydroxylation is 2. The number of carbonyl (C=O) groups excluding carboxylic acids is 2. The van der Waals surface area contributed by atoms with E-state index in [2.05, 4.69) is 9.88 Å². The summed E-state index contributed by atoms with van der Waals surface area (Å²) in [5, 5.41) is 0. The van der Waals surface area contributed by atoms with Crippen molar-refractivity contribution in [3.63, 3.8) is 0 Å². The molecule has 0 unspecified atom stereocenters. The van der Waals surface area contributed by atoms with Crippen LogP contribution in [0.2, 0.25) is 0 Å². The van der Waals surface area contributed by atoms with Crippen LogP contribution in [0.3, 0.4) is 0 Å². The maximum atomic E-state index is 14.3. The van der Waals surface area contributed by atoms with Gasteiger partial charge < -0.3 is 14.5 Å². The number of benzene rings is 1.